The third kappa shape index (κ3) is 35.4. The van der Waals surface area contributed by atoms with Gasteiger partial charge in [-0.3, -0.25) is 10.1 Å². The molecule has 17 nitrogen and oxygen atoms in total. The summed E-state index contributed by atoms with van der Waals surface area (Å²) in [6.07, 6.45) is 5.00. The van der Waals surface area contributed by atoms with Gasteiger partial charge in [0.1, 0.15) is 100 Å². The van der Waals surface area contributed by atoms with Gasteiger partial charge in [-0.1, -0.05) is 190 Å². The summed E-state index contributed by atoms with van der Waals surface area (Å²) in [5.74, 6) is 5.00. The van der Waals surface area contributed by atoms with Gasteiger partial charge in [-0.05, 0) is 172 Å². The quantitative estimate of drug-likeness (QED) is 0.0986. The van der Waals surface area contributed by atoms with Crippen molar-refractivity contribution in [1.82, 2.24) is 0 Å². The number of para-hydroxylation sites is 6. The van der Waals surface area contributed by atoms with Gasteiger partial charge >= 0.3 is 0 Å². The maximum Gasteiger partial charge on any atom is 0.270 e. The van der Waals surface area contributed by atoms with Crippen LogP contribution in [0.15, 0.2) is 218 Å². The number of nitro groups is 1. The Bertz CT molecular complexity index is 4130. The van der Waals surface area contributed by atoms with E-state index in [-0.39, 0.29) is 16.8 Å². The molecule has 0 spiro atoms. The molecule has 0 saturated heterocycles. The SMILES string of the molecule is CCC.CCC.CCC.CCC.Cc1ccccc1O.Cc1ccccc1O.Cc1ccccc1O.Cc1ccccc1Oc1ccc(C#N)c(C#N)c1.Cc1ccccc1Oc1ccc(C#N)c(C#N)c1.Cc1ccccc1Oc1ccc(C#N)c(C#N)c1.N#Cc1ccc([N+](=O)[O-])cc1C#N. The molecule has 0 atom stereocenters. The molecule has 0 radical (unpaired) electrons. The molecule has 0 heterocycles. The van der Waals surface area contributed by atoms with Crippen LogP contribution in [0, 0.1) is 142 Å². The van der Waals surface area contributed by atoms with E-state index in [2.05, 4.69) is 55.4 Å². The molecule has 0 saturated carbocycles. The van der Waals surface area contributed by atoms with Gasteiger partial charge in [-0.25, -0.2) is 0 Å². The minimum absolute atomic E-state index is 0.0247. The molecular weight excluding hydrogens is 1290 g/mol. The number of rotatable bonds is 7. The second-order valence-corrected chi connectivity index (χ2v) is 21.8. The minimum atomic E-state index is -0.609. The predicted molar refractivity (Wildman–Crippen MR) is 406 cm³/mol. The van der Waals surface area contributed by atoms with Gasteiger partial charge in [0.2, 0.25) is 0 Å². The molecule has 0 aliphatic rings. The van der Waals surface area contributed by atoms with Crippen molar-refractivity contribution < 1.29 is 34.5 Å². The Balaban J connectivity index is 0.00000117. The number of ether oxygens (including phenoxy) is 3. The topological polar surface area (TPSA) is 322 Å². The van der Waals surface area contributed by atoms with E-state index in [0.717, 1.165) is 56.7 Å². The van der Waals surface area contributed by atoms with E-state index in [1.807, 2.05) is 205 Å². The Kier molecular flexibility index (Phi) is 46.3. The van der Waals surface area contributed by atoms with Crippen LogP contribution in [-0.4, -0.2) is 20.2 Å². The lowest BCUT2D eigenvalue weighted by Gasteiger charge is -2.08. The summed E-state index contributed by atoms with van der Waals surface area (Å²) >= 11 is 0. The number of aromatic hydroxyl groups is 3. The van der Waals surface area contributed by atoms with Crippen LogP contribution in [0.25, 0.3) is 0 Å². The van der Waals surface area contributed by atoms with Gasteiger partial charge in [0.25, 0.3) is 5.69 Å². The highest BCUT2D eigenvalue weighted by molar-refractivity contribution is 5.54. The van der Waals surface area contributed by atoms with Gasteiger partial charge < -0.3 is 29.5 Å². The van der Waals surface area contributed by atoms with Crippen molar-refractivity contribution in [2.24, 2.45) is 0 Å². The molecule has 10 rings (SSSR count). The highest BCUT2D eigenvalue weighted by Crippen LogP contribution is 2.29. The molecule has 0 amide bonds. The van der Waals surface area contributed by atoms with Gasteiger partial charge in [0.05, 0.1) is 49.4 Å². The average Bonchev–Trinajstić information content (AvgIpc) is 0.868. The number of aryl methyl sites for hydroxylation is 6. The van der Waals surface area contributed by atoms with E-state index >= 15 is 0 Å². The number of nitriles is 8. The van der Waals surface area contributed by atoms with Crippen LogP contribution in [0.4, 0.5) is 5.69 Å². The van der Waals surface area contributed by atoms with Crippen LogP contribution in [-0.2, 0) is 0 Å². The van der Waals surface area contributed by atoms with Crippen molar-refractivity contribution >= 4 is 5.69 Å². The molecule has 0 bridgehead atoms. The molecule has 0 fully saturated rings. The lowest BCUT2D eigenvalue weighted by Crippen LogP contribution is -1.90. The summed E-state index contributed by atoms with van der Waals surface area (Å²) in [5.41, 5.74) is 7.84. The average molecular weight is 1380 g/mol. The zero-order chi connectivity index (χ0) is 77.5. The molecule has 0 aliphatic heterocycles. The first-order valence-electron chi connectivity index (χ1n) is 32.8. The molecule has 526 valence electrons. The van der Waals surface area contributed by atoms with Gasteiger partial charge in [-0.15, -0.1) is 0 Å². The Morgan fingerprint density at radius 3 is 0.670 bits per heavy atom. The highest BCUT2D eigenvalue weighted by atomic mass is 16.6. The van der Waals surface area contributed by atoms with Crippen LogP contribution < -0.4 is 14.2 Å². The van der Waals surface area contributed by atoms with Crippen molar-refractivity contribution in [2.45, 2.75) is 123 Å². The first-order valence-corrected chi connectivity index (χ1v) is 32.8. The van der Waals surface area contributed by atoms with Gasteiger partial charge in [-0.2, -0.15) is 42.1 Å². The number of hydrogen-bond donors (Lipinski definition) is 3. The van der Waals surface area contributed by atoms with E-state index in [9.17, 15) is 10.1 Å². The number of phenols is 3. The molecular formula is C86H89N9O8. The van der Waals surface area contributed by atoms with Crippen LogP contribution in [0.3, 0.4) is 0 Å². The standard InChI is InChI=1S/3C15H10N2O.C8H3N3O2.3C7H8O.4C3H8/c3*1-11-4-2-3-5-15(11)18-14-7-6-12(9-16)13(8-14)10-17;9-4-6-1-2-8(11(12)13)3-7(6)5-10;3*1-6-4-2-3-5-7(6)8;4*1-3-2/h3*2-8H,1H3;1-3H;3*2-5,8H,1H3;4*3H2,1-2H3. The number of nitrogens with zero attached hydrogens (tertiary/aromatic N) is 9. The molecule has 17 heteroatoms. The smallest absolute Gasteiger partial charge is 0.270 e. The maximum absolute atomic E-state index is 10.3. The lowest BCUT2D eigenvalue weighted by molar-refractivity contribution is -0.384. The fourth-order valence-corrected chi connectivity index (χ4v) is 7.25. The Labute approximate surface area is 608 Å². The van der Waals surface area contributed by atoms with E-state index < -0.39 is 4.92 Å². The summed E-state index contributed by atoms with van der Waals surface area (Å²) in [5, 5.41) is 107. The molecule has 10 aromatic carbocycles. The number of non-ortho nitro benzene ring substituents is 1. The van der Waals surface area contributed by atoms with Crippen LogP contribution in [0.5, 0.6) is 51.7 Å². The fourth-order valence-electron chi connectivity index (χ4n) is 7.25. The van der Waals surface area contributed by atoms with Crippen LogP contribution in [0.1, 0.15) is 159 Å². The fraction of sp³-hybridized carbons (Fsp3) is 0.209. The Morgan fingerprint density at radius 2 is 0.485 bits per heavy atom. The van der Waals surface area contributed by atoms with Crippen LogP contribution >= 0.6 is 0 Å². The normalized spacial score (nSPS) is 8.76. The maximum atomic E-state index is 10.3. The van der Waals surface area contributed by atoms with Gasteiger partial charge in [0.15, 0.2) is 0 Å². The summed E-state index contributed by atoms with van der Waals surface area (Å²) in [6.45, 7) is 28.5. The third-order valence-corrected chi connectivity index (χ3v) is 12.5. The van der Waals surface area contributed by atoms with Crippen molar-refractivity contribution in [3.63, 3.8) is 0 Å². The monoisotopic (exact) mass is 1380 g/mol. The number of phenolic OH excluding ortho intramolecular Hbond substituents is 3. The molecule has 0 unspecified atom stereocenters. The zero-order valence-corrected chi connectivity index (χ0v) is 61.0. The molecule has 0 aromatic heterocycles. The molecule has 10 aromatic rings. The van der Waals surface area contributed by atoms with E-state index in [0.29, 0.717) is 67.9 Å². The van der Waals surface area contributed by atoms with Crippen molar-refractivity contribution in [1.29, 1.82) is 42.1 Å². The summed E-state index contributed by atoms with van der Waals surface area (Å²) < 4.78 is 17.1. The molecule has 103 heavy (non-hydrogen) atoms. The Hall–Kier alpha value is -13.7. The summed E-state index contributed by atoms with van der Waals surface area (Å²) in [7, 11) is 0. The van der Waals surface area contributed by atoms with E-state index in [4.69, 9.17) is 71.6 Å². The van der Waals surface area contributed by atoms with E-state index in [1.165, 1.54) is 37.8 Å². The lowest BCUT2D eigenvalue weighted by atomic mass is 10.1. The van der Waals surface area contributed by atoms with Crippen molar-refractivity contribution in [2.75, 3.05) is 0 Å². The van der Waals surface area contributed by atoms with Crippen molar-refractivity contribution in [3.05, 3.63) is 306 Å². The van der Waals surface area contributed by atoms with Gasteiger partial charge in [0, 0.05) is 12.1 Å². The van der Waals surface area contributed by atoms with Crippen LogP contribution in [0.2, 0.25) is 0 Å². The molecule has 0 aliphatic carbocycles. The third-order valence-electron chi connectivity index (χ3n) is 12.5. The predicted octanol–water partition coefficient (Wildman–Crippen LogP) is 22.7. The first-order chi connectivity index (χ1) is 49.5. The second kappa shape index (κ2) is 53.4. The zero-order valence-electron chi connectivity index (χ0n) is 61.0. The number of hydrogen-bond acceptors (Lipinski definition) is 16. The number of benzene rings is 10. The summed E-state index contributed by atoms with van der Waals surface area (Å²) in [4.78, 5) is 9.67. The Morgan fingerprint density at radius 1 is 0.291 bits per heavy atom. The highest BCUT2D eigenvalue weighted by Gasteiger charge is 2.11. The molecule has 3 N–H and O–H groups in total. The first kappa shape index (κ1) is 89.3. The number of nitro benzene ring substituents is 1. The van der Waals surface area contributed by atoms with Crippen molar-refractivity contribution in [3.8, 4) is 100 Å². The summed E-state index contributed by atoms with van der Waals surface area (Å²) in [6, 6.07) is 78.1. The largest absolute Gasteiger partial charge is 0.508 e. The van der Waals surface area contributed by atoms with E-state index in [1.54, 1.807) is 84.9 Å². The second-order valence-electron chi connectivity index (χ2n) is 21.8. The minimum Gasteiger partial charge on any atom is -0.508 e.